The van der Waals surface area contributed by atoms with E-state index in [1.165, 1.54) is 5.56 Å². The van der Waals surface area contributed by atoms with Gasteiger partial charge in [-0.2, -0.15) is 0 Å². The van der Waals surface area contributed by atoms with Gasteiger partial charge in [-0.15, -0.1) is 0 Å². The number of nitrogens with two attached hydrogens (primary N) is 1. The Morgan fingerprint density at radius 2 is 2.38 bits per heavy atom. The summed E-state index contributed by atoms with van der Waals surface area (Å²) in [5.41, 5.74) is 6.47. The summed E-state index contributed by atoms with van der Waals surface area (Å²) in [6, 6.07) is 7.68. The molecule has 0 aromatic heterocycles. The van der Waals surface area contributed by atoms with Crippen LogP contribution in [0.2, 0.25) is 5.02 Å². The average Bonchev–Trinajstić information content (AvgIpc) is 2.66. The molecule has 3 nitrogen and oxygen atoms in total. The molecule has 1 fully saturated rings. The van der Waals surface area contributed by atoms with Gasteiger partial charge in [0, 0.05) is 5.02 Å². The van der Waals surface area contributed by atoms with Crippen molar-refractivity contribution in [2.24, 2.45) is 11.7 Å². The van der Waals surface area contributed by atoms with E-state index in [2.05, 4.69) is 11.4 Å². The summed E-state index contributed by atoms with van der Waals surface area (Å²) >= 11 is 5.92. The summed E-state index contributed by atoms with van der Waals surface area (Å²) in [4.78, 5) is 11.0. The van der Waals surface area contributed by atoms with Gasteiger partial charge in [0.1, 0.15) is 0 Å². The number of carbonyl (C=O) groups is 1. The minimum Gasteiger partial charge on any atom is -0.368 e. The fourth-order valence-corrected chi connectivity index (χ4v) is 2.39. The molecule has 1 aromatic carbocycles. The molecule has 0 bridgehead atoms. The quantitative estimate of drug-likeness (QED) is 0.835. The molecule has 1 aromatic rings. The normalized spacial score (nSPS) is 24.6. The number of amides is 1. The van der Waals surface area contributed by atoms with Crippen molar-refractivity contribution in [3.05, 3.63) is 34.9 Å². The molecule has 2 rings (SSSR count). The minimum absolute atomic E-state index is 0.163. The molecule has 1 saturated heterocycles. The smallest absolute Gasteiger partial charge is 0.234 e. The van der Waals surface area contributed by atoms with E-state index in [4.69, 9.17) is 17.3 Å². The van der Waals surface area contributed by atoms with Crippen molar-refractivity contribution in [3.8, 4) is 0 Å². The SMILES string of the molecule is NC(=O)C1CC(Cc2cccc(Cl)c2)CN1. The molecule has 0 aliphatic carbocycles. The van der Waals surface area contributed by atoms with Crippen molar-refractivity contribution >= 4 is 17.5 Å². The van der Waals surface area contributed by atoms with Crippen molar-refractivity contribution in [2.45, 2.75) is 18.9 Å². The van der Waals surface area contributed by atoms with E-state index in [1.54, 1.807) is 0 Å². The maximum Gasteiger partial charge on any atom is 0.234 e. The van der Waals surface area contributed by atoms with Gasteiger partial charge in [0.25, 0.3) is 0 Å². The highest BCUT2D eigenvalue weighted by Crippen LogP contribution is 2.20. The summed E-state index contributed by atoms with van der Waals surface area (Å²) < 4.78 is 0. The fourth-order valence-electron chi connectivity index (χ4n) is 2.18. The van der Waals surface area contributed by atoms with Gasteiger partial charge in [-0.25, -0.2) is 0 Å². The average molecular weight is 239 g/mol. The number of carbonyl (C=O) groups excluding carboxylic acids is 1. The van der Waals surface area contributed by atoms with Gasteiger partial charge in [0.05, 0.1) is 6.04 Å². The number of benzene rings is 1. The predicted octanol–water partition coefficient (Wildman–Crippen LogP) is 1.35. The Morgan fingerprint density at radius 1 is 1.56 bits per heavy atom. The number of nitrogens with one attached hydrogen (secondary N) is 1. The summed E-state index contributed by atoms with van der Waals surface area (Å²) in [6.45, 7) is 0.847. The standard InChI is InChI=1S/C12H15ClN2O/c13-10-3-1-2-8(5-10)4-9-6-11(12(14)16)15-7-9/h1-3,5,9,11,15H,4,6-7H2,(H2,14,16). The molecule has 1 amide bonds. The maximum atomic E-state index is 11.0. The van der Waals surface area contributed by atoms with E-state index in [0.717, 1.165) is 24.4 Å². The Hall–Kier alpha value is -1.06. The highest BCUT2D eigenvalue weighted by Gasteiger charge is 2.27. The van der Waals surface area contributed by atoms with Gasteiger partial charge in [-0.1, -0.05) is 23.7 Å². The third-order valence-corrected chi connectivity index (χ3v) is 3.21. The van der Waals surface area contributed by atoms with Gasteiger partial charge in [0.2, 0.25) is 5.91 Å². The number of hydrogen-bond acceptors (Lipinski definition) is 2. The predicted molar refractivity (Wildman–Crippen MR) is 64.2 cm³/mol. The van der Waals surface area contributed by atoms with Crippen LogP contribution in [0.4, 0.5) is 0 Å². The van der Waals surface area contributed by atoms with Crippen LogP contribution in [0.1, 0.15) is 12.0 Å². The Morgan fingerprint density at radius 3 is 3.00 bits per heavy atom. The van der Waals surface area contributed by atoms with Crippen molar-refractivity contribution in [1.82, 2.24) is 5.32 Å². The van der Waals surface area contributed by atoms with Crippen LogP contribution in [0.5, 0.6) is 0 Å². The van der Waals surface area contributed by atoms with Crippen molar-refractivity contribution in [3.63, 3.8) is 0 Å². The molecule has 1 aliphatic heterocycles. The van der Waals surface area contributed by atoms with Crippen LogP contribution in [0, 0.1) is 5.92 Å². The second-order valence-corrected chi connectivity index (χ2v) is 4.74. The molecule has 0 radical (unpaired) electrons. The molecule has 1 aliphatic rings. The highest BCUT2D eigenvalue weighted by molar-refractivity contribution is 6.30. The van der Waals surface area contributed by atoms with Crippen LogP contribution in [0.3, 0.4) is 0 Å². The molecular weight excluding hydrogens is 224 g/mol. The first-order valence-corrected chi connectivity index (χ1v) is 5.80. The van der Waals surface area contributed by atoms with Crippen LogP contribution in [0.15, 0.2) is 24.3 Å². The molecule has 3 N–H and O–H groups in total. The van der Waals surface area contributed by atoms with E-state index >= 15 is 0 Å². The fraction of sp³-hybridized carbons (Fsp3) is 0.417. The second kappa shape index (κ2) is 4.85. The van der Waals surface area contributed by atoms with E-state index in [-0.39, 0.29) is 11.9 Å². The van der Waals surface area contributed by atoms with Crippen LogP contribution in [-0.2, 0) is 11.2 Å². The van der Waals surface area contributed by atoms with E-state index in [9.17, 15) is 4.79 Å². The Labute approximate surface area is 100.0 Å². The van der Waals surface area contributed by atoms with Crippen molar-refractivity contribution < 1.29 is 4.79 Å². The molecule has 16 heavy (non-hydrogen) atoms. The summed E-state index contributed by atoms with van der Waals surface area (Å²) in [6.07, 6.45) is 1.76. The lowest BCUT2D eigenvalue weighted by Crippen LogP contribution is -2.36. The monoisotopic (exact) mass is 238 g/mol. The molecule has 4 heteroatoms. The van der Waals surface area contributed by atoms with E-state index < -0.39 is 0 Å². The lowest BCUT2D eigenvalue weighted by Gasteiger charge is -2.08. The maximum absolute atomic E-state index is 11.0. The molecular formula is C12H15ClN2O. The molecule has 2 atom stereocenters. The molecule has 86 valence electrons. The third kappa shape index (κ3) is 2.74. The zero-order valence-electron chi connectivity index (χ0n) is 8.95. The number of hydrogen-bond donors (Lipinski definition) is 2. The Bertz CT molecular complexity index is 394. The summed E-state index contributed by atoms with van der Waals surface area (Å²) in [5.74, 6) is 0.213. The van der Waals surface area contributed by atoms with Gasteiger partial charge in [0.15, 0.2) is 0 Å². The minimum atomic E-state index is -0.256. The van der Waals surface area contributed by atoms with Crippen LogP contribution in [0.25, 0.3) is 0 Å². The Kier molecular flexibility index (Phi) is 3.46. The lowest BCUT2D eigenvalue weighted by atomic mass is 9.96. The first-order chi connectivity index (χ1) is 7.65. The van der Waals surface area contributed by atoms with E-state index in [1.807, 2.05) is 18.2 Å². The largest absolute Gasteiger partial charge is 0.368 e. The lowest BCUT2D eigenvalue weighted by molar-refractivity contribution is -0.119. The first-order valence-electron chi connectivity index (χ1n) is 5.42. The van der Waals surface area contributed by atoms with Crippen LogP contribution < -0.4 is 11.1 Å². The van der Waals surface area contributed by atoms with Crippen molar-refractivity contribution in [1.29, 1.82) is 0 Å². The molecule has 0 spiro atoms. The third-order valence-electron chi connectivity index (χ3n) is 2.98. The zero-order chi connectivity index (χ0) is 11.5. The summed E-state index contributed by atoms with van der Waals surface area (Å²) in [5, 5.41) is 3.89. The number of rotatable bonds is 3. The van der Waals surface area contributed by atoms with Gasteiger partial charge >= 0.3 is 0 Å². The highest BCUT2D eigenvalue weighted by atomic mass is 35.5. The van der Waals surface area contributed by atoms with Gasteiger partial charge in [-0.05, 0) is 43.0 Å². The van der Waals surface area contributed by atoms with Gasteiger partial charge < -0.3 is 11.1 Å². The Balaban J connectivity index is 1.94. The van der Waals surface area contributed by atoms with Crippen LogP contribution in [-0.4, -0.2) is 18.5 Å². The number of halogens is 1. The summed E-state index contributed by atoms with van der Waals surface area (Å²) in [7, 11) is 0. The van der Waals surface area contributed by atoms with Crippen molar-refractivity contribution in [2.75, 3.05) is 6.54 Å². The van der Waals surface area contributed by atoms with Gasteiger partial charge in [-0.3, -0.25) is 4.79 Å². The topological polar surface area (TPSA) is 55.1 Å². The molecule has 2 unspecified atom stereocenters. The molecule has 1 heterocycles. The number of primary amides is 1. The van der Waals surface area contributed by atoms with Crippen LogP contribution >= 0.6 is 11.6 Å². The molecule has 0 saturated carbocycles. The zero-order valence-corrected chi connectivity index (χ0v) is 9.70. The second-order valence-electron chi connectivity index (χ2n) is 4.30. The van der Waals surface area contributed by atoms with E-state index in [0.29, 0.717) is 5.92 Å². The first kappa shape index (κ1) is 11.4.